The van der Waals surface area contributed by atoms with Crippen molar-refractivity contribution in [2.24, 2.45) is 22.8 Å². The zero-order valence-electron chi connectivity index (χ0n) is 11.2. The first kappa shape index (κ1) is 14.5. The Hall–Kier alpha value is -1.95. The number of nitrogens with two attached hydrogens (primary N) is 2. The number of amides is 2. The van der Waals surface area contributed by atoms with Crippen LogP contribution in [-0.2, 0) is 4.79 Å². The Labute approximate surface area is 122 Å². The molecule has 2 amide bonds. The van der Waals surface area contributed by atoms with Crippen molar-refractivity contribution >= 4 is 34.7 Å². The van der Waals surface area contributed by atoms with Crippen molar-refractivity contribution in [3.05, 3.63) is 29.8 Å². The van der Waals surface area contributed by atoms with Crippen LogP contribution in [0.4, 0.5) is 5.69 Å². The van der Waals surface area contributed by atoms with Gasteiger partial charge in [-0.15, -0.1) is 0 Å². The number of thiocarbonyl (C=S) groups is 1. The Kier molecular flexibility index (Phi) is 3.76. The summed E-state index contributed by atoms with van der Waals surface area (Å²) in [5, 5.41) is 2.77. The molecule has 1 aliphatic carbocycles. The summed E-state index contributed by atoms with van der Waals surface area (Å²) in [6.07, 6.45) is 1.31. The van der Waals surface area contributed by atoms with Gasteiger partial charge in [-0.2, -0.15) is 0 Å². The van der Waals surface area contributed by atoms with E-state index in [1.807, 2.05) is 0 Å². The minimum atomic E-state index is -0.766. The highest BCUT2D eigenvalue weighted by atomic mass is 32.1. The monoisotopic (exact) mass is 291 g/mol. The average molecular weight is 291 g/mol. The topological polar surface area (TPSA) is 98.2 Å². The lowest BCUT2D eigenvalue weighted by Gasteiger charge is -2.44. The molecule has 1 fully saturated rings. The first-order valence-electron chi connectivity index (χ1n) is 6.36. The van der Waals surface area contributed by atoms with E-state index in [1.54, 1.807) is 18.2 Å². The highest BCUT2D eigenvalue weighted by molar-refractivity contribution is 7.80. The molecule has 20 heavy (non-hydrogen) atoms. The third kappa shape index (κ3) is 2.51. The molecule has 6 heteroatoms. The molecule has 5 N–H and O–H groups in total. The van der Waals surface area contributed by atoms with Gasteiger partial charge in [0, 0.05) is 11.3 Å². The number of rotatable bonds is 4. The minimum Gasteiger partial charge on any atom is -0.392 e. The van der Waals surface area contributed by atoms with E-state index < -0.39 is 11.3 Å². The molecule has 2 rings (SSSR count). The van der Waals surface area contributed by atoms with Crippen molar-refractivity contribution in [1.82, 2.24) is 0 Å². The molecule has 1 aromatic rings. The number of hydrogen-bond donors (Lipinski definition) is 3. The van der Waals surface area contributed by atoms with Crippen molar-refractivity contribution < 1.29 is 9.59 Å². The van der Waals surface area contributed by atoms with Gasteiger partial charge in [0.1, 0.15) is 0 Å². The largest absolute Gasteiger partial charge is 0.392 e. The maximum absolute atomic E-state index is 12.4. The fraction of sp³-hybridized carbons (Fsp3) is 0.357. The summed E-state index contributed by atoms with van der Waals surface area (Å²) >= 11 is 5.04. The molecule has 0 heterocycles. The number of anilines is 1. The lowest BCUT2D eigenvalue weighted by Crippen LogP contribution is -2.53. The second kappa shape index (κ2) is 5.20. The number of primary amides is 1. The predicted octanol–water partition coefficient (Wildman–Crippen LogP) is 1.43. The Balaban J connectivity index is 2.17. The average Bonchev–Trinajstić information content (AvgIpc) is 2.34. The summed E-state index contributed by atoms with van der Waals surface area (Å²) < 4.78 is 0. The molecule has 1 aromatic carbocycles. The fourth-order valence-electron chi connectivity index (χ4n) is 2.63. The Morgan fingerprint density at radius 3 is 2.50 bits per heavy atom. The third-order valence-electron chi connectivity index (χ3n) is 3.71. The lowest BCUT2D eigenvalue weighted by molar-refractivity contribution is -0.127. The van der Waals surface area contributed by atoms with Gasteiger partial charge < -0.3 is 16.8 Å². The molecule has 0 atom stereocenters. The maximum Gasteiger partial charge on any atom is 0.248 e. The van der Waals surface area contributed by atoms with Crippen molar-refractivity contribution in [1.29, 1.82) is 0 Å². The van der Waals surface area contributed by atoms with Crippen LogP contribution >= 0.6 is 12.2 Å². The molecule has 0 radical (unpaired) electrons. The Bertz CT molecular complexity index is 580. The number of benzene rings is 1. The van der Waals surface area contributed by atoms with Crippen LogP contribution in [0, 0.1) is 11.3 Å². The van der Waals surface area contributed by atoms with Gasteiger partial charge >= 0.3 is 0 Å². The highest BCUT2D eigenvalue weighted by Gasteiger charge is 2.50. The molecule has 5 nitrogen and oxygen atoms in total. The number of carbonyl (C=O) groups excluding carboxylic acids is 2. The van der Waals surface area contributed by atoms with Crippen molar-refractivity contribution in [2.45, 2.75) is 19.8 Å². The quantitative estimate of drug-likeness (QED) is 0.731. The highest BCUT2D eigenvalue weighted by Crippen LogP contribution is 2.46. The SMILES string of the molecule is CC1CC(C(=O)Nc2cccc(C(N)=O)c2)(C(N)=S)C1. The van der Waals surface area contributed by atoms with E-state index in [-0.39, 0.29) is 10.9 Å². The van der Waals surface area contributed by atoms with Gasteiger partial charge in [-0.3, -0.25) is 9.59 Å². The summed E-state index contributed by atoms with van der Waals surface area (Å²) in [4.78, 5) is 23.7. The number of hydrogen-bond acceptors (Lipinski definition) is 3. The molecule has 1 aliphatic rings. The predicted molar refractivity (Wildman–Crippen MR) is 81.2 cm³/mol. The van der Waals surface area contributed by atoms with Gasteiger partial charge in [-0.25, -0.2) is 0 Å². The van der Waals surface area contributed by atoms with E-state index in [0.717, 1.165) is 0 Å². The molecule has 0 aliphatic heterocycles. The summed E-state index contributed by atoms with van der Waals surface area (Å²) in [5.41, 5.74) is 11.0. The smallest absolute Gasteiger partial charge is 0.248 e. The first-order valence-corrected chi connectivity index (χ1v) is 6.77. The molecule has 0 unspecified atom stereocenters. The van der Waals surface area contributed by atoms with Gasteiger partial charge in [0.25, 0.3) is 0 Å². The molecule has 0 bridgehead atoms. The zero-order valence-corrected chi connectivity index (χ0v) is 12.0. The van der Waals surface area contributed by atoms with Crippen molar-refractivity contribution in [3.8, 4) is 0 Å². The molecule has 1 saturated carbocycles. The van der Waals surface area contributed by atoms with E-state index in [4.69, 9.17) is 23.7 Å². The van der Waals surface area contributed by atoms with Crippen LogP contribution in [0.15, 0.2) is 24.3 Å². The summed E-state index contributed by atoms with van der Waals surface area (Å²) in [6.45, 7) is 2.05. The van der Waals surface area contributed by atoms with Gasteiger partial charge in [0.2, 0.25) is 11.8 Å². The normalized spacial score (nSPS) is 24.6. The second-order valence-corrected chi connectivity index (χ2v) is 5.80. The Morgan fingerprint density at radius 1 is 1.35 bits per heavy atom. The van der Waals surface area contributed by atoms with Crippen molar-refractivity contribution in [2.75, 3.05) is 5.32 Å². The maximum atomic E-state index is 12.4. The van der Waals surface area contributed by atoms with Crippen molar-refractivity contribution in [3.63, 3.8) is 0 Å². The van der Waals surface area contributed by atoms with Gasteiger partial charge in [0.05, 0.1) is 10.4 Å². The van der Waals surface area contributed by atoms with Crippen LogP contribution in [-0.4, -0.2) is 16.8 Å². The van der Waals surface area contributed by atoms with Crippen LogP contribution in [0.25, 0.3) is 0 Å². The van der Waals surface area contributed by atoms with Gasteiger partial charge in [-0.05, 0) is 37.0 Å². The first-order chi connectivity index (χ1) is 9.35. The summed E-state index contributed by atoms with van der Waals surface area (Å²) in [6, 6.07) is 6.48. The van der Waals surface area contributed by atoms with Crippen LogP contribution in [0.3, 0.4) is 0 Å². The number of nitrogens with one attached hydrogen (secondary N) is 1. The van der Waals surface area contributed by atoms with Crippen LogP contribution in [0.2, 0.25) is 0 Å². The van der Waals surface area contributed by atoms with E-state index >= 15 is 0 Å². The minimum absolute atomic E-state index is 0.218. The van der Waals surface area contributed by atoms with Crippen LogP contribution in [0.1, 0.15) is 30.1 Å². The molecular weight excluding hydrogens is 274 g/mol. The zero-order chi connectivity index (χ0) is 14.9. The molecule has 0 saturated heterocycles. The van der Waals surface area contributed by atoms with E-state index in [0.29, 0.717) is 30.0 Å². The van der Waals surface area contributed by atoms with E-state index in [1.165, 1.54) is 6.07 Å². The molecule has 106 valence electrons. The standard InChI is InChI=1S/C14H17N3O2S/c1-8-6-14(7-8,12(16)20)13(19)17-10-4-2-3-9(5-10)11(15)18/h2-5,8H,6-7H2,1H3,(H2,15,18)(H2,16,20)(H,17,19). The van der Waals surface area contributed by atoms with E-state index in [9.17, 15) is 9.59 Å². The summed E-state index contributed by atoms with van der Waals surface area (Å²) in [5.74, 6) is -0.327. The second-order valence-electron chi connectivity index (χ2n) is 5.36. The van der Waals surface area contributed by atoms with E-state index in [2.05, 4.69) is 12.2 Å². The number of carbonyl (C=O) groups is 2. The van der Waals surface area contributed by atoms with Crippen LogP contribution < -0.4 is 16.8 Å². The fourth-order valence-corrected chi connectivity index (χ4v) is 2.89. The van der Waals surface area contributed by atoms with Gasteiger partial charge in [0.15, 0.2) is 0 Å². The molecular formula is C14H17N3O2S. The lowest BCUT2D eigenvalue weighted by atomic mass is 9.62. The van der Waals surface area contributed by atoms with Gasteiger partial charge in [-0.1, -0.05) is 25.2 Å². The Morgan fingerprint density at radius 2 is 2.00 bits per heavy atom. The van der Waals surface area contributed by atoms with Crippen LogP contribution in [0.5, 0.6) is 0 Å². The summed E-state index contributed by atoms with van der Waals surface area (Å²) in [7, 11) is 0. The molecule has 0 spiro atoms. The molecule has 0 aromatic heterocycles. The third-order valence-corrected chi connectivity index (χ3v) is 4.10.